The largest absolute Gasteiger partial charge is 0.351 e. The highest BCUT2D eigenvalue weighted by Crippen LogP contribution is 2.59. The summed E-state index contributed by atoms with van der Waals surface area (Å²) in [6.45, 7) is 0.811. The summed E-state index contributed by atoms with van der Waals surface area (Å²) in [6, 6.07) is 0.945. The summed E-state index contributed by atoms with van der Waals surface area (Å²) in [4.78, 5) is 21.9. The number of pyridine rings is 1. The van der Waals surface area contributed by atoms with Crippen LogP contribution >= 0.6 is 0 Å². The highest BCUT2D eigenvalue weighted by molar-refractivity contribution is 7.88. The Balaban J connectivity index is 1.49. The molecular weight excluding hydrogens is 440 g/mol. The van der Waals surface area contributed by atoms with Crippen LogP contribution in [-0.4, -0.2) is 52.6 Å². The minimum Gasteiger partial charge on any atom is -0.351 e. The number of piperidine rings is 1. The normalized spacial score (nSPS) is 23.4. The Hall–Kier alpha value is -2.40. The van der Waals surface area contributed by atoms with Gasteiger partial charge in [-0.3, -0.25) is 9.36 Å². The van der Waals surface area contributed by atoms with Crippen molar-refractivity contribution >= 4 is 27.0 Å². The minimum absolute atomic E-state index is 0.0196. The average Bonchev–Trinajstić information content (AvgIpc) is 3.40. The van der Waals surface area contributed by atoms with E-state index in [1.54, 1.807) is 0 Å². The summed E-state index contributed by atoms with van der Waals surface area (Å²) >= 11 is 0. The van der Waals surface area contributed by atoms with Crippen LogP contribution in [0.2, 0.25) is 0 Å². The molecule has 11 heteroatoms. The van der Waals surface area contributed by atoms with Crippen molar-refractivity contribution in [1.82, 2.24) is 18.8 Å². The molecule has 1 saturated carbocycles. The van der Waals surface area contributed by atoms with Gasteiger partial charge < -0.3 is 5.32 Å². The van der Waals surface area contributed by atoms with Gasteiger partial charge in [0.1, 0.15) is 5.65 Å². The molecule has 2 fully saturated rings. The molecule has 2 aromatic rings. The van der Waals surface area contributed by atoms with Gasteiger partial charge in [0.05, 0.1) is 17.9 Å². The molecule has 32 heavy (non-hydrogen) atoms. The molecule has 1 aliphatic heterocycles. The second-order valence-corrected chi connectivity index (χ2v) is 11.0. The molecule has 8 nitrogen and oxygen atoms in total. The van der Waals surface area contributed by atoms with E-state index in [4.69, 9.17) is 0 Å². The van der Waals surface area contributed by atoms with E-state index in [1.165, 1.54) is 27.4 Å². The van der Waals surface area contributed by atoms with Gasteiger partial charge in [0, 0.05) is 36.1 Å². The number of hydrogen-bond donors (Lipinski definition) is 1. The average molecular weight is 466 g/mol. The predicted molar refractivity (Wildman–Crippen MR) is 116 cm³/mol. The molecule has 0 aromatic carbocycles. The molecule has 1 saturated heterocycles. The third kappa shape index (κ3) is 3.71. The zero-order chi connectivity index (χ0) is 22.7. The van der Waals surface area contributed by atoms with Crippen LogP contribution in [0.15, 0.2) is 29.2 Å². The number of anilines is 1. The van der Waals surface area contributed by atoms with Crippen molar-refractivity contribution in [2.24, 2.45) is 5.41 Å². The van der Waals surface area contributed by atoms with E-state index in [2.05, 4.69) is 21.4 Å². The maximum Gasteiger partial charge on any atom is 0.269 e. The van der Waals surface area contributed by atoms with Gasteiger partial charge in [-0.2, -0.15) is 4.98 Å². The Morgan fingerprint density at radius 1 is 1.25 bits per heavy atom. The fourth-order valence-corrected chi connectivity index (χ4v) is 5.83. The molecule has 1 spiro atoms. The van der Waals surface area contributed by atoms with Crippen molar-refractivity contribution in [1.29, 1.82) is 0 Å². The van der Waals surface area contributed by atoms with Crippen LogP contribution in [-0.2, 0) is 10.0 Å². The first-order valence-corrected chi connectivity index (χ1v) is 12.6. The Labute approximate surface area is 184 Å². The van der Waals surface area contributed by atoms with Crippen LogP contribution in [0.3, 0.4) is 0 Å². The lowest BCUT2D eigenvalue weighted by molar-refractivity contribution is 0.148. The zero-order valence-corrected chi connectivity index (χ0v) is 18.5. The molecule has 0 unspecified atom stereocenters. The van der Waals surface area contributed by atoms with Crippen LogP contribution in [0.25, 0.3) is 11.0 Å². The number of halogens is 2. The summed E-state index contributed by atoms with van der Waals surface area (Å²) in [5, 5.41) is 3.64. The third-order valence-corrected chi connectivity index (χ3v) is 8.21. The number of nitrogens with one attached hydrogen (secondary N) is 1. The van der Waals surface area contributed by atoms with Gasteiger partial charge >= 0.3 is 0 Å². The van der Waals surface area contributed by atoms with E-state index >= 15 is 0 Å². The maximum absolute atomic E-state index is 13.6. The van der Waals surface area contributed by atoms with Gasteiger partial charge in [0.15, 0.2) is 0 Å². The quantitative estimate of drug-likeness (QED) is 0.682. The van der Waals surface area contributed by atoms with Gasteiger partial charge in [0.25, 0.3) is 12.0 Å². The first kappa shape index (κ1) is 21.4. The van der Waals surface area contributed by atoms with E-state index in [-0.39, 0.29) is 17.5 Å². The van der Waals surface area contributed by atoms with Crippen molar-refractivity contribution in [3.8, 4) is 0 Å². The number of aromatic nitrogens is 3. The summed E-state index contributed by atoms with van der Waals surface area (Å²) in [5.74, 6) is 0.309. The number of rotatable bonds is 5. The molecule has 0 amide bonds. The molecule has 1 N–H and O–H groups in total. The Kier molecular flexibility index (Phi) is 5.08. The van der Waals surface area contributed by atoms with Gasteiger partial charge in [-0.05, 0) is 38.2 Å². The fraction of sp³-hybridized carbons (Fsp3) is 0.571. The van der Waals surface area contributed by atoms with Crippen molar-refractivity contribution in [2.45, 2.75) is 50.6 Å². The lowest BCUT2D eigenvalue weighted by Gasteiger charge is -2.30. The monoisotopic (exact) mass is 465 g/mol. The van der Waals surface area contributed by atoms with E-state index in [0.29, 0.717) is 49.3 Å². The number of fused-ring (bicyclic) bond motifs is 1. The highest BCUT2D eigenvalue weighted by Gasteiger charge is 2.51. The van der Waals surface area contributed by atoms with Crippen LogP contribution in [0.5, 0.6) is 0 Å². The molecular formula is C21H25F2N5O3S. The van der Waals surface area contributed by atoms with Crippen molar-refractivity contribution in [3.63, 3.8) is 0 Å². The number of sulfonamides is 1. The van der Waals surface area contributed by atoms with Crippen LogP contribution in [0.1, 0.15) is 50.1 Å². The van der Waals surface area contributed by atoms with Gasteiger partial charge in [0.2, 0.25) is 16.0 Å². The first-order chi connectivity index (χ1) is 15.2. The van der Waals surface area contributed by atoms with Crippen molar-refractivity contribution < 1.29 is 17.2 Å². The number of hydrogen-bond acceptors (Lipinski definition) is 6. The smallest absolute Gasteiger partial charge is 0.269 e. The van der Waals surface area contributed by atoms with Gasteiger partial charge in [-0.25, -0.2) is 26.5 Å². The van der Waals surface area contributed by atoms with Crippen LogP contribution < -0.4 is 10.9 Å². The van der Waals surface area contributed by atoms with Gasteiger partial charge in [-0.15, -0.1) is 0 Å². The fourth-order valence-electron chi connectivity index (χ4n) is 4.96. The molecule has 2 aliphatic carbocycles. The Bertz CT molecular complexity index is 1250. The van der Waals surface area contributed by atoms with E-state index in [0.717, 1.165) is 12.8 Å². The van der Waals surface area contributed by atoms with Gasteiger partial charge in [-0.1, -0.05) is 12.2 Å². The maximum atomic E-state index is 13.6. The predicted octanol–water partition coefficient (Wildman–Crippen LogP) is 2.85. The highest BCUT2D eigenvalue weighted by atomic mass is 32.2. The second kappa shape index (κ2) is 7.58. The molecule has 172 valence electrons. The Morgan fingerprint density at radius 3 is 2.59 bits per heavy atom. The number of allylic oxidation sites excluding steroid dienone is 2. The standard InChI is InChI=1S/C21H25F2N5O3S/c1-32(30,31)27-9-4-14(5-10-27)25-20-24-12-13-11-15(17(22)23)19(29)28(18(13)26-20)16-3-2-6-21(16)7-8-21/h2,6,11-12,14,16-17H,3-5,7-10H2,1H3,(H,24,25,26)/t16-/m1/s1. The van der Waals surface area contributed by atoms with Crippen LogP contribution in [0, 0.1) is 5.41 Å². The Morgan fingerprint density at radius 2 is 1.97 bits per heavy atom. The first-order valence-electron chi connectivity index (χ1n) is 10.8. The lowest BCUT2D eigenvalue weighted by atomic mass is 9.99. The third-order valence-electron chi connectivity index (χ3n) is 6.90. The van der Waals surface area contributed by atoms with E-state index in [1.807, 2.05) is 6.08 Å². The molecule has 5 rings (SSSR count). The number of alkyl halides is 2. The molecule has 3 aliphatic rings. The molecule has 2 aromatic heterocycles. The second-order valence-electron chi connectivity index (χ2n) is 9.02. The molecule has 0 radical (unpaired) electrons. The zero-order valence-electron chi connectivity index (χ0n) is 17.7. The molecule has 1 atom stereocenters. The van der Waals surface area contributed by atoms with Crippen LogP contribution in [0.4, 0.5) is 14.7 Å². The minimum atomic E-state index is -3.22. The van der Waals surface area contributed by atoms with Crippen molar-refractivity contribution in [2.75, 3.05) is 24.7 Å². The number of nitrogens with zero attached hydrogens (tertiary/aromatic N) is 4. The summed E-state index contributed by atoms with van der Waals surface area (Å²) < 4.78 is 53.5. The summed E-state index contributed by atoms with van der Waals surface area (Å²) in [6.07, 6.45) is 7.57. The van der Waals surface area contributed by atoms with E-state index in [9.17, 15) is 22.0 Å². The molecule has 0 bridgehead atoms. The topological polar surface area (TPSA) is 97.2 Å². The molecule has 3 heterocycles. The summed E-state index contributed by atoms with van der Waals surface area (Å²) in [5.41, 5.74) is -1.02. The van der Waals surface area contributed by atoms with E-state index < -0.39 is 27.6 Å². The lowest BCUT2D eigenvalue weighted by Crippen LogP contribution is -2.42. The summed E-state index contributed by atoms with van der Waals surface area (Å²) in [7, 11) is -3.22. The van der Waals surface area contributed by atoms with Crippen molar-refractivity contribution in [3.05, 3.63) is 40.3 Å². The SMILES string of the molecule is CS(=O)(=O)N1CCC(Nc2ncc3cc(C(F)F)c(=O)n([C@@H]4CC=CC45CC5)c3n2)CC1.